The molecule has 1 aromatic heterocycles. The van der Waals surface area contributed by atoms with Gasteiger partial charge >= 0.3 is 0 Å². The van der Waals surface area contributed by atoms with Gasteiger partial charge in [-0.25, -0.2) is 0 Å². The van der Waals surface area contributed by atoms with Gasteiger partial charge in [-0.2, -0.15) is 5.10 Å². The average molecular weight is 250 g/mol. The molecule has 1 unspecified atom stereocenters. The van der Waals surface area contributed by atoms with Crippen molar-refractivity contribution in [2.45, 2.75) is 39.9 Å². The van der Waals surface area contributed by atoms with Crippen LogP contribution in [0, 0.1) is 6.92 Å². The maximum Gasteiger partial charge on any atom is 0.245 e. The Morgan fingerprint density at radius 1 is 1.50 bits per heavy atom. The van der Waals surface area contributed by atoms with Crippen LogP contribution < -0.4 is 5.32 Å². The minimum atomic E-state index is -0.439. The fourth-order valence-electron chi connectivity index (χ4n) is 2.20. The molecule has 1 atom stereocenters. The van der Waals surface area contributed by atoms with Gasteiger partial charge in [0.25, 0.3) is 0 Å². The van der Waals surface area contributed by atoms with Gasteiger partial charge < -0.3 is 10.2 Å². The van der Waals surface area contributed by atoms with Gasteiger partial charge in [0.1, 0.15) is 12.6 Å². The van der Waals surface area contributed by atoms with E-state index < -0.39 is 6.04 Å². The molecule has 2 rings (SSSR count). The van der Waals surface area contributed by atoms with Crippen molar-refractivity contribution < 1.29 is 9.59 Å². The largest absolute Gasteiger partial charge is 0.343 e. The smallest absolute Gasteiger partial charge is 0.245 e. The van der Waals surface area contributed by atoms with Crippen molar-refractivity contribution in [1.29, 1.82) is 0 Å². The van der Waals surface area contributed by atoms with Crippen LogP contribution in [-0.4, -0.2) is 39.1 Å². The lowest BCUT2D eigenvalue weighted by Gasteiger charge is -2.30. The Labute approximate surface area is 106 Å². The maximum absolute atomic E-state index is 12.0. The number of aryl methyl sites for hydroxylation is 2. The topological polar surface area (TPSA) is 67.2 Å². The number of hydrogen-bond acceptors (Lipinski definition) is 3. The summed E-state index contributed by atoms with van der Waals surface area (Å²) in [5.74, 6) is -0.155. The first-order valence-electron chi connectivity index (χ1n) is 6.12. The van der Waals surface area contributed by atoms with Crippen molar-refractivity contribution >= 4 is 11.8 Å². The zero-order valence-electron chi connectivity index (χ0n) is 10.9. The molecule has 0 aliphatic carbocycles. The number of nitrogens with zero attached hydrogens (tertiary/aromatic N) is 3. The second-order valence-electron chi connectivity index (χ2n) is 4.58. The number of amides is 2. The first kappa shape index (κ1) is 12.6. The summed E-state index contributed by atoms with van der Waals surface area (Å²) in [6, 6.07) is 1.51. The first-order valence-corrected chi connectivity index (χ1v) is 6.12. The summed E-state index contributed by atoms with van der Waals surface area (Å²) in [7, 11) is 0. The molecule has 1 aliphatic heterocycles. The van der Waals surface area contributed by atoms with Gasteiger partial charge in [-0.05, 0) is 26.8 Å². The van der Waals surface area contributed by atoms with Gasteiger partial charge in [-0.3, -0.25) is 14.3 Å². The predicted octanol–water partition coefficient (Wildman–Crippen LogP) is 0.0583. The number of carbonyl (C=O) groups excluding carboxylic acids is 2. The molecule has 1 N–H and O–H groups in total. The maximum atomic E-state index is 12.0. The van der Waals surface area contributed by atoms with E-state index in [1.807, 2.05) is 24.6 Å². The standard InChI is InChI=1S/C12H18N4O2/c1-4-16-10(5-8(2)14-16)6-15-7-11(17)13-9(3)12(15)18/h5,9H,4,6-7H2,1-3H3,(H,13,17). The molecule has 18 heavy (non-hydrogen) atoms. The van der Waals surface area contributed by atoms with Gasteiger partial charge in [0.2, 0.25) is 11.8 Å². The number of carbonyl (C=O) groups is 2. The highest BCUT2D eigenvalue weighted by atomic mass is 16.2. The highest BCUT2D eigenvalue weighted by Crippen LogP contribution is 2.11. The molecule has 2 amide bonds. The molecule has 98 valence electrons. The van der Waals surface area contributed by atoms with E-state index in [4.69, 9.17) is 0 Å². The molecule has 0 radical (unpaired) electrons. The Morgan fingerprint density at radius 2 is 2.22 bits per heavy atom. The normalized spacial score (nSPS) is 20.2. The molecule has 0 saturated carbocycles. The molecular formula is C12H18N4O2. The van der Waals surface area contributed by atoms with Crippen molar-refractivity contribution in [3.05, 3.63) is 17.5 Å². The van der Waals surface area contributed by atoms with Gasteiger partial charge in [-0.1, -0.05) is 0 Å². The SMILES string of the molecule is CCn1nc(C)cc1CN1CC(=O)NC(C)C1=O. The summed E-state index contributed by atoms with van der Waals surface area (Å²) in [5, 5.41) is 6.96. The lowest BCUT2D eigenvalue weighted by Crippen LogP contribution is -2.56. The van der Waals surface area contributed by atoms with E-state index in [-0.39, 0.29) is 18.4 Å². The monoisotopic (exact) mass is 250 g/mol. The molecular weight excluding hydrogens is 232 g/mol. The molecule has 0 aromatic carbocycles. The van der Waals surface area contributed by atoms with Crippen LogP contribution >= 0.6 is 0 Å². The summed E-state index contributed by atoms with van der Waals surface area (Å²) < 4.78 is 1.86. The van der Waals surface area contributed by atoms with Gasteiger partial charge in [-0.15, -0.1) is 0 Å². The van der Waals surface area contributed by atoms with Gasteiger partial charge in [0.15, 0.2) is 0 Å². The van der Waals surface area contributed by atoms with Gasteiger partial charge in [0, 0.05) is 6.54 Å². The number of aromatic nitrogens is 2. The third kappa shape index (κ3) is 2.37. The van der Waals surface area contributed by atoms with Crippen LogP contribution in [0.3, 0.4) is 0 Å². The van der Waals surface area contributed by atoms with E-state index in [2.05, 4.69) is 10.4 Å². The summed E-state index contributed by atoms with van der Waals surface area (Å²) in [6.07, 6.45) is 0. The van der Waals surface area contributed by atoms with Crippen LogP contribution in [-0.2, 0) is 22.7 Å². The Balaban J connectivity index is 2.16. The Hall–Kier alpha value is -1.85. The molecule has 0 spiro atoms. The average Bonchev–Trinajstić information content (AvgIpc) is 2.65. The van der Waals surface area contributed by atoms with Crippen LogP contribution in [0.15, 0.2) is 6.07 Å². The molecule has 0 bridgehead atoms. The molecule has 6 nitrogen and oxygen atoms in total. The van der Waals surface area contributed by atoms with E-state index >= 15 is 0 Å². The van der Waals surface area contributed by atoms with Crippen molar-refractivity contribution in [1.82, 2.24) is 20.0 Å². The van der Waals surface area contributed by atoms with Crippen LogP contribution in [0.25, 0.3) is 0 Å². The van der Waals surface area contributed by atoms with Crippen molar-refractivity contribution in [3.63, 3.8) is 0 Å². The van der Waals surface area contributed by atoms with Crippen LogP contribution in [0.1, 0.15) is 25.2 Å². The van der Waals surface area contributed by atoms with Crippen molar-refractivity contribution in [2.75, 3.05) is 6.54 Å². The predicted molar refractivity (Wildman–Crippen MR) is 65.7 cm³/mol. The molecule has 1 aliphatic rings. The van der Waals surface area contributed by atoms with E-state index in [0.29, 0.717) is 6.54 Å². The molecule has 2 heterocycles. The lowest BCUT2D eigenvalue weighted by molar-refractivity contribution is -0.144. The zero-order chi connectivity index (χ0) is 13.3. The fraction of sp³-hybridized carbons (Fsp3) is 0.583. The fourth-order valence-corrected chi connectivity index (χ4v) is 2.20. The molecule has 6 heteroatoms. The van der Waals surface area contributed by atoms with E-state index in [1.54, 1.807) is 11.8 Å². The quantitative estimate of drug-likeness (QED) is 0.824. The van der Waals surface area contributed by atoms with Crippen LogP contribution in [0.5, 0.6) is 0 Å². The van der Waals surface area contributed by atoms with Crippen molar-refractivity contribution in [2.24, 2.45) is 0 Å². The summed E-state index contributed by atoms with van der Waals surface area (Å²) >= 11 is 0. The third-order valence-electron chi connectivity index (χ3n) is 3.03. The number of nitrogens with one attached hydrogen (secondary N) is 1. The van der Waals surface area contributed by atoms with Crippen LogP contribution in [0.2, 0.25) is 0 Å². The van der Waals surface area contributed by atoms with Gasteiger partial charge in [0.05, 0.1) is 17.9 Å². The second kappa shape index (κ2) is 4.80. The van der Waals surface area contributed by atoms with E-state index in [9.17, 15) is 9.59 Å². The minimum absolute atomic E-state index is 0.0453. The minimum Gasteiger partial charge on any atom is -0.343 e. The summed E-state index contributed by atoms with van der Waals surface area (Å²) in [4.78, 5) is 25.0. The Kier molecular flexibility index (Phi) is 3.36. The second-order valence-corrected chi connectivity index (χ2v) is 4.58. The number of piperazine rings is 1. The molecule has 1 aromatic rings. The summed E-state index contributed by atoms with van der Waals surface area (Å²) in [5.41, 5.74) is 1.89. The summed E-state index contributed by atoms with van der Waals surface area (Å²) in [6.45, 7) is 6.94. The molecule has 1 saturated heterocycles. The Morgan fingerprint density at radius 3 is 2.89 bits per heavy atom. The van der Waals surface area contributed by atoms with Crippen molar-refractivity contribution in [3.8, 4) is 0 Å². The zero-order valence-corrected chi connectivity index (χ0v) is 10.9. The van der Waals surface area contributed by atoms with E-state index in [1.165, 1.54) is 0 Å². The van der Waals surface area contributed by atoms with Crippen LogP contribution in [0.4, 0.5) is 0 Å². The highest BCUT2D eigenvalue weighted by Gasteiger charge is 2.29. The first-order chi connectivity index (χ1) is 8.51. The van der Waals surface area contributed by atoms with E-state index in [0.717, 1.165) is 17.9 Å². The third-order valence-corrected chi connectivity index (χ3v) is 3.03. The number of hydrogen-bond donors (Lipinski definition) is 1. The highest BCUT2D eigenvalue weighted by molar-refractivity contribution is 5.94. The molecule has 1 fully saturated rings. The lowest BCUT2D eigenvalue weighted by atomic mass is 10.2. The Bertz CT molecular complexity index is 480. The number of rotatable bonds is 3.